The molecular weight excluding hydrogens is 307 g/mol. The average Bonchev–Trinajstić information content (AvgIpc) is 3.03. The molecule has 118 valence electrons. The van der Waals surface area contributed by atoms with Crippen LogP contribution in [0.3, 0.4) is 0 Å². The first-order valence-corrected chi connectivity index (χ1v) is 8.01. The summed E-state index contributed by atoms with van der Waals surface area (Å²) in [6.45, 7) is 2.64. The Morgan fingerprint density at radius 3 is 3.00 bits per heavy atom. The van der Waals surface area contributed by atoms with E-state index in [9.17, 15) is 9.18 Å². The van der Waals surface area contributed by atoms with Gasteiger partial charge in [-0.05, 0) is 40.8 Å². The van der Waals surface area contributed by atoms with Gasteiger partial charge in [0.1, 0.15) is 12.1 Å². The predicted molar refractivity (Wildman–Crippen MR) is 83.7 cm³/mol. The zero-order chi connectivity index (χ0) is 15.8. The number of nitrogens with zero attached hydrogens (tertiary/aromatic N) is 4. The minimum Gasteiger partial charge on any atom is -0.337 e. The lowest BCUT2D eigenvalue weighted by atomic mass is 10.2. The Balaban J connectivity index is 1.91. The second-order valence-corrected chi connectivity index (χ2v) is 5.64. The first-order chi connectivity index (χ1) is 10.7. The van der Waals surface area contributed by atoms with E-state index in [1.54, 1.807) is 11.8 Å². The molecule has 1 aromatic heterocycles. The van der Waals surface area contributed by atoms with Crippen molar-refractivity contribution in [2.45, 2.75) is 13.3 Å². The fourth-order valence-corrected chi connectivity index (χ4v) is 2.42. The number of hydrogen-bond donors (Lipinski definition) is 2. The van der Waals surface area contributed by atoms with Gasteiger partial charge in [0.15, 0.2) is 0 Å². The van der Waals surface area contributed by atoms with Crippen molar-refractivity contribution < 1.29 is 9.18 Å². The topological polar surface area (TPSA) is 84.7 Å². The van der Waals surface area contributed by atoms with Gasteiger partial charge in [0.25, 0.3) is 0 Å². The number of anilines is 1. The number of rotatable bonds is 7. The molecule has 0 saturated carbocycles. The predicted octanol–water partition coefficient (Wildman–Crippen LogP) is 2.07. The molecule has 0 bridgehead atoms. The van der Waals surface area contributed by atoms with Gasteiger partial charge >= 0.3 is 6.03 Å². The highest BCUT2D eigenvalue weighted by molar-refractivity contribution is 7.99. The van der Waals surface area contributed by atoms with Gasteiger partial charge in [-0.1, -0.05) is 6.92 Å². The molecular formula is C13H17FN6OS. The summed E-state index contributed by atoms with van der Waals surface area (Å²) in [6.07, 6.45) is 2.49. The van der Waals surface area contributed by atoms with Crippen molar-refractivity contribution in [2.75, 3.05) is 23.4 Å². The summed E-state index contributed by atoms with van der Waals surface area (Å²) < 4.78 is 15.1. The number of urea groups is 1. The molecule has 0 radical (unpaired) electrons. The molecule has 1 heterocycles. The molecule has 0 fully saturated rings. The highest BCUT2D eigenvalue weighted by Crippen LogP contribution is 2.18. The summed E-state index contributed by atoms with van der Waals surface area (Å²) in [5.74, 6) is 1.37. The van der Waals surface area contributed by atoms with Crippen LogP contribution in [0.2, 0.25) is 0 Å². The second kappa shape index (κ2) is 8.32. The number of hydrogen-bond acceptors (Lipinski definition) is 5. The monoisotopic (exact) mass is 324 g/mol. The molecule has 0 aliphatic rings. The lowest BCUT2D eigenvalue weighted by molar-refractivity contribution is 0.252. The van der Waals surface area contributed by atoms with Crippen LogP contribution in [-0.2, 0) is 0 Å². The summed E-state index contributed by atoms with van der Waals surface area (Å²) in [5.41, 5.74) is 0.631. The number of aromatic nitrogens is 4. The van der Waals surface area contributed by atoms with E-state index >= 15 is 0 Å². The standard InChI is InChI=1S/C13H17FN6OS/c1-2-6-22-7-5-15-13(21)17-12-8-10(3-4-11(12)14)20-9-16-18-19-20/h3-4,8-9H,2,5-7H2,1H3,(H2,15,17,21). The van der Waals surface area contributed by atoms with E-state index in [0.717, 1.165) is 17.9 Å². The van der Waals surface area contributed by atoms with Crippen LogP contribution in [-0.4, -0.2) is 44.3 Å². The molecule has 0 spiro atoms. The zero-order valence-electron chi connectivity index (χ0n) is 12.1. The van der Waals surface area contributed by atoms with Crippen LogP contribution in [0.4, 0.5) is 14.9 Å². The van der Waals surface area contributed by atoms with Crippen LogP contribution in [0.25, 0.3) is 5.69 Å². The fourth-order valence-electron chi connectivity index (χ4n) is 1.68. The minimum absolute atomic E-state index is 0.0757. The molecule has 0 aliphatic heterocycles. The van der Waals surface area contributed by atoms with E-state index in [0.29, 0.717) is 12.2 Å². The van der Waals surface area contributed by atoms with E-state index in [1.165, 1.54) is 29.2 Å². The minimum atomic E-state index is -0.521. The summed E-state index contributed by atoms with van der Waals surface area (Å²) in [7, 11) is 0. The van der Waals surface area contributed by atoms with Gasteiger partial charge in [-0.3, -0.25) is 0 Å². The highest BCUT2D eigenvalue weighted by Gasteiger charge is 2.09. The van der Waals surface area contributed by atoms with Gasteiger partial charge in [-0.2, -0.15) is 11.8 Å². The maximum atomic E-state index is 13.8. The van der Waals surface area contributed by atoms with Gasteiger partial charge < -0.3 is 10.6 Å². The molecule has 7 nitrogen and oxygen atoms in total. The van der Waals surface area contributed by atoms with Crippen molar-refractivity contribution in [3.63, 3.8) is 0 Å². The Kier molecular flexibility index (Phi) is 6.13. The third-order valence-corrected chi connectivity index (χ3v) is 3.88. The maximum Gasteiger partial charge on any atom is 0.319 e. The Labute approximate surface area is 131 Å². The SMILES string of the molecule is CCCSCCNC(=O)Nc1cc(-n2cnnn2)ccc1F. The van der Waals surface area contributed by atoms with Crippen molar-refractivity contribution in [1.29, 1.82) is 0 Å². The highest BCUT2D eigenvalue weighted by atomic mass is 32.2. The molecule has 0 unspecified atom stereocenters. The van der Waals surface area contributed by atoms with E-state index in [2.05, 4.69) is 33.1 Å². The summed E-state index contributed by atoms with van der Waals surface area (Å²) in [6, 6.07) is 3.81. The van der Waals surface area contributed by atoms with E-state index in [-0.39, 0.29) is 5.69 Å². The van der Waals surface area contributed by atoms with Crippen LogP contribution < -0.4 is 10.6 Å². The summed E-state index contributed by atoms with van der Waals surface area (Å²) in [4.78, 5) is 11.7. The lowest BCUT2D eigenvalue weighted by Crippen LogP contribution is -2.31. The molecule has 22 heavy (non-hydrogen) atoms. The number of benzene rings is 1. The van der Waals surface area contributed by atoms with Crippen molar-refractivity contribution in [3.05, 3.63) is 30.3 Å². The quantitative estimate of drug-likeness (QED) is 0.762. The lowest BCUT2D eigenvalue weighted by Gasteiger charge is -2.09. The van der Waals surface area contributed by atoms with E-state index in [4.69, 9.17) is 0 Å². The Bertz CT molecular complexity index is 607. The number of carbonyl (C=O) groups is 1. The maximum absolute atomic E-state index is 13.8. The normalized spacial score (nSPS) is 10.5. The third-order valence-electron chi connectivity index (χ3n) is 2.69. The van der Waals surface area contributed by atoms with Crippen molar-refractivity contribution >= 4 is 23.5 Å². The smallest absolute Gasteiger partial charge is 0.319 e. The molecule has 2 aromatic rings. The van der Waals surface area contributed by atoms with Crippen molar-refractivity contribution in [1.82, 2.24) is 25.5 Å². The number of nitrogens with one attached hydrogen (secondary N) is 2. The first-order valence-electron chi connectivity index (χ1n) is 6.86. The van der Waals surface area contributed by atoms with Gasteiger partial charge in [0, 0.05) is 12.3 Å². The number of carbonyl (C=O) groups excluding carboxylic acids is 1. The molecule has 2 rings (SSSR count). The van der Waals surface area contributed by atoms with Crippen LogP contribution >= 0.6 is 11.8 Å². The van der Waals surface area contributed by atoms with Gasteiger partial charge in [0.05, 0.1) is 11.4 Å². The summed E-state index contributed by atoms with van der Waals surface area (Å²) in [5, 5.41) is 15.9. The van der Waals surface area contributed by atoms with E-state index < -0.39 is 11.8 Å². The molecule has 9 heteroatoms. The van der Waals surface area contributed by atoms with Gasteiger partial charge in [-0.25, -0.2) is 13.9 Å². The van der Waals surface area contributed by atoms with Crippen LogP contribution in [0.5, 0.6) is 0 Å². The second-order valence-electron chi connectivity index (χ2n) is 4.41. The number of thioether (sulfide) groups is 1. The third kappa shape index (κ3) is 4.69. The molecule has 2 amide bonds. The Morgan fingerprint density at radius 2 is 2.27 bits per heavy atom. The van der Waals surface area contributed by atoms with Crippen LogP contribution in [0.1, 0.15) is 13.3 Å². The zero-order valence-corrected chi connectivity index (χ0v) is 12.9. The molecule has 0 saturated heterocycles. The first kappa shape index (κ1) is 16.2. The Hall–Kier alpha value is -2.16. The van der Waals surface area contributed by atoms with Crippen molar-refractivity contribution in [3.8, 4) is 5.69 Å². The number of amides is 2. The number of tetrazole rings is 1. The van der Waals surface area contributed by atoms with Crippen LogP contribution in [0.15, 0.2) is 24.5 Å². The molecule has 1 aromatic carbocycles. The van der Waals surface area contributed by atoms with Crippen molar-refractivity contribution in [2.24, 2.45) is 0 Å². The molecule has 2 N–H and O–H groups in total. The van der Waals surface area contributed by atoms with Crippen LogP contribution in [0, 0.1) is 5.82 Å². The van der Waals surface area contributed by atoms with Gasteiger partial charge in [0.2, 0.25) is 0 Å². The number of halogens is 1. The molecule has 0 atom stereocenters. The molecule has 0 aliphatic carbocycles. The largest absolute Gasteiger partial charge is 0.337 e. The average molecular weight is 324 g/mol. The fraction of sp³-hybridized carbons (Fsp3) is 0.385. The van der Waals surface area contributed by atoms with E-state index in [1.807, 2.05) is 0 Å². The Morgan fingerprint density at radius 1 is 1.41 bits per heavy atom. The van der Waals surface area contributed by atoms with Gasteiger partial charge in [-0.15, -0.1) is 5.10 Å². The summed E-state index contributed by atoms with van der Waals surface area (Å²) >= 11 is 1.76.